The normalized spacial score (nSPS) is 11.0. The molecule has 0 fully saturated rings. The van der Waals surface area contributed by atoms with Crippen LogP contribution in [-0.4, -0.2) is 25.9 Å². The molecule has 140 valence electrons. The molecule has 0 aliphatic carbocycles. The summed E-state index contributed by atoms with van der Waals surface area (Å²) in [4.78, 5) is 26.1. The molecule has 0 saturated carbocycles. The van der Waals surface area contributed by atoms with Gasteiger partial charge in [0, 0.05) is 11.7 Å². The van der Waals surface area contributed by atoms with Crippen LogP contribution in [0, 0.1) is 37.8 Å². The van der Waals surface area contributed by atoms with Crippen LogP contribution >= 0.6 is 0 Å². The molecule has 0 aromatic carbocycles. The maximum Gasteiger partial charge on any atom is 0.353 e. The van der Waals surface area contributed by atoms with Crippen molar-refractivity contribution in [2.75, 3.05) is 10.6 Å². The van der Waals surface area contributed by atoms with Gasteiger partial charge in [0.05, 0.1) is 16.3 Å². The zero-order valence-corrected chi connectivity index (χ0v) is 16.2. The van der Waals surface area contributed by atoms with Crippen LogP contribution in [0.5, 0.6) is 0 Å². The first-order valence-corrected chi connectivity index (χ1v) is 8.73. The van der Waals surface area contributed by atoms with E-state index in [4.69, 9.17) is 5.73 Å². The van der Waals surface area contributed by atoms with E-state index in [9.17, 15) is 10.1 Å². The highest BCUT2D eigenvalue weighted by Crippen LogP contribution is 2.40. The minimum atomic E-state index is -0.508. The molecule has 0 saturated heterocycles. The van der Waals surface area contributed by atoms with E-state index in [1.165, 1.54) is 0 Å². The summed E-state index contributed by atoms with van der Waals surface area (Å²) in [5.41, 5.74) is 9.16. The Labute approximate surface area is 153 Å². The number of pyridine rings is 1. The van der Waals surface area contributed by atoms with Crippen molar-refractivity contribution in [2.45, 2.75) is 60.4 Å². The molecule has 0 atom stereocenters. The number of nitro groups is 1. The maximum absolute atomic E-state index is 11.7. The average Bonchev–Trinajstić information content (AvgIpc) is 2.52. The number of anilines is 3. The third-order valence-electron chi connectivity index (χ3n) is 4.45. The molecule has 2 aromatic heterocycles. The highest BCUT2D eigenvalue weighted by atomic mass is 16.6. The van der Waals surface area contributed by atoms with E-state index >= 15 is 0 Å². The third-order valence-corrected chi connectivity index (χ3v) is 4.45. The number of nitrogen functional groups attached to an aromatic ring is 1. The number of rotatable bonds is 6. The molecule has 0 bridgehead atoms. The number of hydrogen-bond donors (Lipinski definition) is 1. The molecule has 0 aliphatic rings. The molecule has 2 aromatic rings. The molecule has 8 heteroatoms. The van der Waals surface area contributed by atoms with E-state index in [0.29, 0.717) is 5.82 Å². The van der Waals surface area contributed by atoms with E-state index in [1.54, 1.807) is 6.92 Å². The second kappa shape index (κ2) is 7.63. The van der Waals surface area contributed by atoms with Gasteiger partial charge in [0.2, 0.25) is 11.6 Å². The van der Waals surface area contributed by atoms with Gasteiger partial charge in [-0.1, -0.05) is 13.8 Å². The number of aryl methyl sites for hydroxylation is 4. The second-order valence-electron chi connectivity index (χ2n) is 6.44. The van der Waals surface area contributed by atoms with Crippen LogP contribution in [0.4, 0.5) is 23.0 Å². The van der Waals surface area contributed by atoms with Gasteiger partial charge in [-0.15, -0.1) is 0 Å². The SMILES string of the molecule is CCC(CC)N(c1nc(C)nc(N)c1[N+](=O)[O-])c1c(C)cc(C)nc1C. The fourth-order valence-electron chi connectivity index (χ4n) is 3.41. The lowest BCUT2D eigenvalue weighted by molar-refractivity contribution is -0.383. The van der Waals surface area contributed by atoms with Crippen molar-refractivity contribution in [1.29, 1.82) is 0 Å². The fraction of sp³-hybridized carbons (Fsp3) is 0.500. The first kappa shape index (κ1) is 19.6. The van der Waals surface area contributed by atoms with Crippen molar-refractivity contribution in [2.24, 2.45) is 0 Å². The molecule has 26 heavy (non-hydrogen) atoms. The largest absolute Gasteiger partial charge is 0.378 e. The second-order valence-corrected chi connectivity index (χ2v) is 6.44. The number of aromatic nitrogens is 3. The lowest BCUT2D eigenvalue weighted by atomic mass is 10.0. The third kappa shape index (κ3) is 3.58. The molecule has 0 amide bonds. The van der Waals surface area contributed by atoms with Gasteiger partial charge in [-0.3, -0.25) is 15.1 Å². The Morgan fingerprint density at radius 2 is 1.77 bits per heavy atom. The van der Waals surface area contributed by atoms with Gasteiger partial charge in [-0.25, -0.2) is 9.97 Å². The molecule has 2 rings (SSSR count). The smallest absolute Gasteiger partial charge is 0.353 e. The molecule has 8 nitrogen and oxygen atoms in total. The molecular formula is C18H26N6O2. The lowest BCUT2D eigenvalue weighted by Gasteiger charge is -2.33. The summed E-state index contributed by atoms with van der Waals surface area (Å²) in [7, 11) is 0. The number of nitrogens with zero attached hydrogens (tertiary/aromatic N) is 5. The van der Waals surface area contributed by atoms with Crippen molar-refractivity contribution in [3.8, 4) is 0 Å². The average molecular weight is 358 g/mol. The Balaban J connectivity index is 2.87. The van der Waals surface area contributed by atoms with E-state index in [1.807, 2.05) is 31.7 Å². The minimum Gasteiger partial charge on any atom is -0.378 e. The van der Waals surface area contributed by atoms with Crippen molar-refractivity contribution in [1.82, 2.24) is 15.0 Å². The first-order chi connectivity index (χ1) is 12.2. The van der Waals surface area contributed by atoms with Crippen LogP contribution in [0.1, 0.15) is 49.5 Å². The van der Waals surface area contributed by atoms with Gasteiger partial charge in [-0.05, 0) is 52.2 Å². The van der Waals surface area contributed by atoms with Crippen LogP contribution < -0.4 is 10.6 Å². The van der Waals surface area contributed by atoms with Crippen molar-refractivity contribution >= 4 is 23.0 Å². The van der Waals surface area contributed by atoms with Crippen LogP contribution in [0.2, 0.25) is 0 Å². The molecule has 0 radical (unpaired) electrons. The van der Waals surface area contributed by atoms with Gasteiger partial charge >= 0.3 is 5.69 Å². The Kier molecular flexibility index (Phi) is 5.74. The molecule has 0 unspecified atom stereocenters. The maximum atomic E-state index is 11.7. The standard InChI is InChI=1S/C18H26N6O2/c1-7-14(8-2)23(15-10(3)9-11(4)20-12(15)5)18-16(24(25)26)17(19)21-13(6)22-18/h9,14H,7-8H2,1-6H3,(H2,19,21,22). The Morgan fingerprint density at radius 3 is 2.27 bits per heavy atom. The Hall–Kier alpha value is -2.77. The summed E-state index contributed by atoms with van der Waals surface area (Å²) in [5, 5.41) is 11.7. The monoisotopic (exact) mass is 358 g/mol. The Morgan fingerprint density at radius 1 is 1.15 bits per heavy atom. The van der Waals surface area contributed by atoms with Crippen LogP contribution in [0.25, 0.3) is 0 Å². The molecule has 0 aliphatic heterocycles. The molecule has 2 N–H and O–H groups in total. The number of nitrogens with two attached hydrogens (primary N) is 1. The van der Waals surface area contributed by atoms with E-state index in [-0.39, 0.29) is 23.4 Å². The topological polar surface area (TPSA) is 111 Å². The molecule has 0 spiro atoms. The number of hydrogen-bond acceptors (Lipinski definition) is 7. The van der Waals surface area contributed by atoms with E-state index in [0.717, 1.165) is 35.5 Å². The van der Waals surface area contributed by atoms with Gasteiger partial charge in [0.1, 0.15) is 5.82 Å². The highest BCUT2D eigenvalue weighted by molar-refractivity contribution is 5.77. The van der Waals surface area contributed by atoms with Crippen molar-refractivity contribution < 1.29 is 4.92 Å². The summed E-state index contributed by atoms with van der Waals surface area (Å²) in [5.74, 6) is 0.504. The lowest BCUT2D eigenvalue weighted by Crippen LogP contribution is -2.33. The molecular weight excluding hydrogens is 332 g/mol. The summed E-state index contributed by atoms with van der Waals surface area (Å²) < 4.78 is 0. The van der Waals surface area contributed by atoms with E-state index in [2.05, 4.69) is 28.8 Å². The predicted molar refractivity (Wildman–Crippen MR) is 103 cm³/mol. The van der Waals surface area contributed by atoms with Gasteiger partial charge < -0.3 is 10.6 Å². The van der Waals surface area contributed by atoms with Crippen LogP contribution in [0.3, 0.4) is 0 Å². The fourth-order valence-corrected chi connectivity index (χ4v) is 3.41. The summed E-state index contributed by atoms with van der Waals surface area (Å²) >= 11 is 0. The van der Waals surface area contributed by atoms with Crippen molar-refractivity contribution in [3.05, 3.63) is 39.0 Å². The minimum absolute atomic E-state index is 0.0179. The quantitative estimate of drug-likeness (QED) is 0.615. The summed E-state index contributed by atoms with van der Waals surface area (Å²) in [6.07, 6.45) is 1.59. The zero-order chi connectivity index (χ0) is 19.6. The highest BCUT2D eigenvalue weighted by Gasteiger charge is 2.32. The summed E-state index contributed by atoms with van der Waals surface area (Å²) in [6, 6.07) is 1.99. The molecule has 2 heterocycles. The van der Waals surface area contributed by atoms with Crippen LogP contribution in [0.15, 0.2) is 6.07 Å². The van der Waals surface area contributed by atoms with Gasteiger partial charge in [0.15, 0.2) is 0 Å². The van der Waals surface area contributed by atoms with E-state index < -0.39 is 4.92 Å². The first-order valence-electron chi connectivity index (χ1n) is 8.73. The summed E-state index contributed by atoms with van der Waals surface area (Å²) in [6.45, 7) is 11.6. The van der Waals surface area contributed by atoms with Gasteiger partial charge in [-0.2, -0.15) is 0 Å². The predicted octanol–water partition coefficient (Wildman–Crippen LogP) is 3.92. The van der Waals surface area contributed by atoms with Gasteiger partial charge in [0.25, 0.3) is 0 Å². The van der Waals surface area contributed by atoms with Crippen LogP contribution in [-0.2, 0) is 0 Å². The van der Waals surface area contributed by atoms with Crippen molar-refractivity contribution in [3.63, 3.8) is 0 Å². The zero-order valence-electron chi connectivity index (χ0n) is 16.2. The Bertz CT molecular complexity index is 810.